The molecular formula is C9H9BrClNO2. The average molecular weight is 279 g/mol. The molecule has 1 unspecified atom stereocenters. The second-order valence-corrected chi connectivity index (χ2v) is 4.06. The predicted molar refractivity (Wildman–Crippen MR) is 58.4 cm³/mol. The third-order valence-corrected chi connectivity index (χ3v) is 2.39. The van der Waals surface area contributed by atoms with E-state index in [-0.39, 0.29) is 0 Å². The lowest BCUT2D eigenvalue weighted by Crippen LogP contribution is -2.30. The highest BCUT2D eigenvalue weighted by atomic mass is 79.9. The SMILES string of the molecule is CC(Oc1ccc(Br)cc1Cl)C(N)=O. The molecule has 1 aromatic carbocycles. The lowest BCUT2D eigenvalue weighted by atomic mass is 10.3. The third kappa shape index (κ3) is 2.89. The van der Waals surface area contributed by atoms with Gasteiger partial charge in [-0.3, -0.25) is 4.79 Å². The zero-order valence-corrected chi connectivity index (χ0v) is 9.80. The largest absolute Gasteiger partial charge is 0.479 e. The molecule has 0 aliphatic carbocycles. The Kier molecular flexibility index (Phi) is 3.77. The molecule has 76 valence electrons. The first kappa shape index (κ1) is 11.3. The first-order valence-corrected chi connectivity index (χ1v) is 5.09. The molecule has 0 radical (unpaired) electrons. The van der Waals surface area contributed by atoms with E-state index in [2.05, 4.69) is 15.9 Å². The smallest absolute Gasteiger partial charge is 0.258 e. The summed E-state index contributed by atoms with van der Waals surface area (Å²) >= 11 is 9.13. The summed E-state index contributed by atoms with van der Waals surface area (Å²) in [4.78, 5) is 10.7. The number of nitrogens with two attached hydrogens (primary N) is 1. The number of hydrogen-bond acceptors (Lipinski definition) is 2. The number of ether oxygens (including phenoxy) is 1. The van der Waals surface area contributed by atoms with Gasteiger partial charge in [0.05, 0.1) is 5.02 Å². The molecule has 0 fully saturated rings. The number of amides is 1. The minimum atomic E-state index is -0.686. The first-order valence-electron chi connectivity index (χ1n) is 3.91. The van der Waals surface area contributed by atoms with E-state index in [0.29, 0.717) is 10.8 Å². The van der Waals surface area contributed by atoms with Gasteiger partial charge in [-0.15, -0.1) is 0 Å². The van der Waals surface area contributed by atoms with E-state index >= 15 is 0 Å². The standard InChI is InChI=1S/C9H9BrClNO2/c1-5(9(12)13)14-8-3-2-6(10)4-7(8)11/h2-5H,1H3,(H2,12,13). The molecule has 1 aromatic rings. The van der Waals surface area contributed by atoms with Gasteiger partial charge in [-0.05, 0) is 25.1 Å². The highest BCUT2D eigenvalue weighted by molar-refractivity contribution is 9.10. The lowest BCUT2D eigenvalue weighted by molar-refractivity contribution is -0.123. The molecule has 5 heteroatoms. The summed E-state index contributed by atoms with van der Waals surface area (Å²) in [5.74, 6) is -0.0786. The molecule has 1 atom stereocenters. The van der Waals surface area contributed by atoms with Gasteiger partial charge in [0.15, 0.2) is 6.10 Å². The fourth-order valence-electron chi connectivity index (χ4n) is 0.819. The first-order chi connectivity index (χ1) is 6.50. The maximum Gasteiger partial charge on any atom is 0.258 e. The molecule has 14 heavy (non-hydrogen) atoms. The molecule has 0 aliphatic rings. The maximum atomic E-state index is 10.7. The quantitative estimate of drug-likeness (QED) is 0.923. The Bertz CT molecular complexity index is 357. The molecule has 1 amide bonds. The number of carbonyl (C=O) groups excluding carboxylic acids is 1. The summed E-state index contributed by atoms with van der Waals surface area (Å²) in [6.45, 7) is 1.57. The van der Waals surface area contributed by atoms with Gasteiger partial charge in [0.2, 0.25) is 0 Å². The van der Waals surface area contributed by atoms with Crippen molar-refractivity contribution in [1.29, 1.82) is 0 Å². The molecule has 0 aromatic heterocycles. The molecule has 3 nitrogen and oxygen atoms in total. The Morgan fingerprint density at radius 3 is 2.79 bits per heavy atom. The second-order valence-electron chi connectivity index (χ2n) is 2.74. The number of hydrogen-bond donors (Lipinski definition) is 1. The lowest BCUT2D eigenvalue weighted by Gasteiger charge is -2.12. The van der Waals surface area contributed by atoms with Gasteiger partial charge < -0.3 is 10.5 Å². The Morgan fingerprint density at radius 1 is 1.64 bits per heavy atom. The van der Waals surface area contributed by atoms with Gasteiger partial charge in [0.25, 0.3) is 5.91 Å². The van der Waals surface area contributed by atoms with E-state index in [1.54, 1.807) is 25.1 Å². The number of carbonyl (C=O) groups is 1. The van der Waals surface area contributed by atoms with Crippen molar-refractivity contribution >= 4 is 33.4 Å². The van der Waals surface area contributed by atoms with E-state index in [1.165, 1.54) is 0 Å². The van der Waals surface area contributed by atoms with E-state index in [9.17, 15) is 4.79 Å². The summed E-state index contributed by atoms with van der Waals surface area (Å²) in [6, 6.07) is 5.13. The molecule has 0 saturated carbocycles. The van der Waals surface area contributed by atoms with Crippen LogP contribution in [0.3, 0.4) is 0 Å². The fraction of sp³-hybridized carbons (Fsp3) is 0.222. The Hall–Kier alpha value is -0.740. The molecular weight excluding hydrogens is 269 g/mol. The third-order valence-electron chi connectivity index (χ3n) is 1.60. The minimum Gasteiger partial charge on any atom is -0.479 e. The van der Waals surface area contributed by atoms with Crippen LogP contribution in [0.4, 0.5) is 0 Å². The highest BCUT2D eigenvalue weighted by Gasteiger charge is 2.12. The minimum absolute atomic E-state index is 0.437. The summed E-state index contributed by atoms with van der Waals surface area (Å²) in [6.07, 6.45) is -0.686. The van der Waals surface area contributed by atoms with Gasteiger partial charge in [0, 0.05) is 4.47 Å². The summed E-state index contributed by atoms with van der Waals surface area (Å²) in [5.41, 5.74) is 5.05. The molecule has 2 N–H and O–H groups in total. The molecule has 1 rings (SSSR count). The molecule has 0 aliphatic heterocycles. The van der Waals surface area contributed by atoms with Crippen LogP contribution in [0.5, 0.6) is 5.75 Å². The van der Waals surface area contributed by atoms with Crippen molar-refractivity contribution in [2.75, 3.05) is 0 Å². The second kappa shape index (κ2) is 4.66. The number of halogens is 2. The average Bonchev–Trinajstić information content (AvgIpc) is 2.09. The zero-order valence-electron chi connectivity index (χ0n) is 7.46. The van der Waals surface area contributed by atoms with Crippen LogP contribution in [0.15, 0.2) is 22.7 Å². The van der Waals surface area contributed by atoms with Gasteiger partial charge in [-0.1, -0.05) is 27.5 Å². The number of primary amides is 1. The molecule has 0 heterocycles. The van der Waals surface area contributed by atoms with Crippen LogP contribution in [-0.2, 0) is 4.79 Å². The maximum absolute atomic E-state index is 10.7. The van der Waals surface area contributed by atoms with Crippen LogP contribution in [0.1, 0.15) is 6.92 Å². The van der Waals surface area contributed by atoms with Gasteiger partial charge >= 0.3 is 0 Å². The van der Waals surface area contributed by atoms with Crippen LogP contribution in [0, 0.1) is 0 Å². The van der Waals surface area contributed by atoms with Gasteiger partial charge in [0.1, 0.15) is 5.75 Å². The Balaban J connectivity index is 2.82. The molecule has 0 bridgehead atoms. The van der Waals surface area contributed by atoms with Crippen molar-refractivity contribution in [1.82, 2.24) is 0 Å². The fourth-order valence-corrected chi connectivity index (χ4v) is 1.54. The van der Waals surface area contributed by atoms with Crippen LogP contribution < -0.4 is 10.5 Å². The summed E-state index contributed by atoms with van der Waals surface area (Å²) in [5, 5.41) is 0.437. The van der Waals surface area contributed by atoms with Gasteiger partial charge in [-0.25, -0.2) is 0 Å². The van der Waals surface area contributed by atoms with Crippen LogP contribution in [0.25, 0.3) is 0 Å². The number of rotatable bonds is 3. The Morgan fingerprint density at radius 2 is 2.29 bits per heavy atom. The van der Waals surface area contributed by atoms with Crippen LogP contribution >= 0.6 is 27.5 Å². The van der Waals surface area contributed by atoms with Crippen molar-refractivity contribution in [3.05, 3.63) is 27.7 Å². The molecule has 0 saturated heterocycles. The van der Waals surface area contributed by atoms with Crippen molar-refractivity contribution < 1.29 is 9.53 Å². The summed E-state index contributed by atoms with van der Waals surface area (Å²) < 4.78 is 6.08. The van der Waals surface area contributed by atoms with Crippen molar-refractivity contribution in [3.63, 3.8) is 0 Å². The van der Waals surface area contributed by atoms with E-state index in [1.807, 2.05) is 0 Å². The monoisotopic (exact) mass is 277 g/mol. The number of benzene rings is 1. The van der Waals surface area contributed by atoms with Crippen molar-refractivity contribution in [2.24, 2.45) is 5.73 Å². The van der Waals surface area contributed by atoms with E-state index in [0.717, 1.165) is 4.47 Å². The highest BCUT2D eigenvalue weighted by Crippen LogP contribution is 2.28. The van der Waals surface area contributed by atoms with Crippen molar-refractivity contribution in [2.45, 2.75) is 13.0 Å². The Labute approximate surface area is 95.3 Å². The van der Waals surface area contributed by atoms with Gasteiger partial charge in [-0.2, -0.15) is 0 Å². The zero-order chi connectivity index (χ0) is 10.7. The van der Waals surface area contributed by atoms with Crippen LogP contribution in [-0.4, -0.2) is 12.0 Å². The topological polar surface area (TPSA) is 52.3 Å². The molecule has 0 spiro atoms. The van der Waals surface area contributed by atoms with E-state index < -0.39 is 12.0 Å². The normalized spacial score (nSPS) is 12.2. The van der Waals surface area contributed by atoms with Crippen LogP contribution in [0.2, 0.25) is 5.02 Å². The van der Waals surface area contributed by atoms with E-state index in [4.69, 9.17) is 22.1 Å². The summed E-state index contributed by atoms with van der Waals surface area (Å²) in [7, 11) is 0. The van der Waals surface area contributed by atoms with Crippen molar-refractivity contribution in [3.8, 4) is 5.75 Å². The predicted octanol–water partition coefficient (Wildman–Crippen LogP) is 2.36.